The van der Waals surface area contributed by atoms with Gasteiger partial charge >= 0.3 is 0 Å². The lowest BCUT2D eigenvalue weighted by molar-refractivity contribution is -0.118. The molecule has 1 aliphatic carbocycles. The van der Waals surface area contributed by atoms with Crippen molar-refractivity contribution in [3.8, 4) is 11.5 Å². The Morgan fingerprint density at radius 2 is 1.92 bits per heavy atom. The number of Topliss-reactive ketones (excluding diaryl/α,β-unsaturated/α-hetero) is 1. The molecule has 5 nitrogen and oxygen atoms in total. The van der Waals surface area contributed by atoms with Crippen LogP contribution in [0.15, 0.2) is 35.0 Å². The highest BCUT2D eigenvalue weighted by molar-refractivity contribution is 7.80. The van der Waals surface area contributed by atoms with E-state index in [-0.39, 0.29) is 11.2 Å². The lowest BCUT2D eigenvalue weighted by Crippen LogP contribution is -2.41. The SMILES string of the molecule is COc1ccc(C2C(=C=N)C(=S)NC3=C2C(=O)CC(C)(C)C3)cc1OC. The van der Waals surface area contributed by atoms with Crippen molar-refractivity contribution in [1.29, 1.82) is 5.41 Å². The Bertz CT molecular complexity index is 879. The molecule has 26 heavy (non-hydrogen) atoms. The van der Waals surface area contributed by atoms with Gasteiger partial charge in [0.1, 0.15) is 4.99 Å². The van der Waals surface area contributed by atoms with Crippen LogP contribution in [0.4, 0.5) is 0 Å². The van der Waals surface area contributed by atoms with Gasteiger partial charge < -0.3 is 14.8 Å². The number of carbonyl (C=O) groups is 1. The fraction of sp³-hybridized carbons (Fsp3) is 0.400. The molecule has 2 aliphatic rings. The minimum absolute atomic E-state index is 0.0822. The highest BCUT2D eigenvalue weighted by atomic mass is 32.1. The number of ketones is 1. The zero-order valence-electron chi connectivity index (χ0n) is 15.4. The Hall–Kier alpha value is -2.43. The minimum Gasteiger partial charge on any atom is -0.493 e. The van der Waals surface area contributed by atoms with Gasteiger partial charge in [0.2, 0.25) is 0 Å². The smallest absolute Gasteiger partial charge is 0.162 e. The normalized spacial score (nSPS) is 21.7. The average Bonchev–Trinajstić information content (AvgIpc) is 2.58. The number of hydrogen-bond donors (Lipinski definition) is 2. The first-order valence-electron chi connectivity index (χ1n) is 8.40. The molecule has 6 heteroatoms. The van der Waals surface area contributed by atoms with Gasteiger partial charge in [0.05, 0.1) is 25.7 Å². The maximum Gasteiger partial charge on any atom is 0.162 e. The quantitative estimate of drug-likeness (QED) is 0.484. The highest BCUT2D eigenvalue weighted by Gasteiger charge is 2.42. The maximum atomic E-state index is 13.0. The number of hydrogen-bond acceptors (Lipinski definition) is 5. The molecular formula is C20H22N2O3S. The summed E-state index contributed by atoms with van der Waals surface area (Å²) in [4.78, 5) is 13.4. The van der Waals surface area contributed by atoms with Gasteiger partial charge in [-0.05, 0) is 35.4 Å². The van der Waals surface area contributed by atoms with E-state index in [1.54, 1.807) is 20.3 Å². The Balaban J connectivity index is 2.20. The molecule has 1 atom stereocenters. The number of methoxy groups -OCH3 is 2. The molecule has 2 N–H and O–H groups in total. The summed E-state index contributed by atoms with van der Waals surface area (Å²) in [7, 11) is 3.15. The van der Waals surface area contributed by atoms with Gasteiger partial charge in [-0.15, -0.1) is 0 Å². The van der Waals surface area contributed by atoms with Crippen LogP contribution in [0.2, 0.25) is 0 Å². The molecule has 1 aliphatic heterocycles. The number of nitrogens with one attached hydrogen (secondary N) is 2. The predicted octanol–water partition coefficient (Wildman–Crippen LogP) is 3.54. The van der Waals surface area contributed by atoms with Crippen molar-refractivity contribution in [2.45, 2.75) is 32.6 Å². The van der Waals surface area contributed by atoms with E-state index in [4.69, 9.17) is 27.1 Å². The van der Waals surface area contributed by atoms with E-state index < -0.39 is 5.92 Å². The molecule has 0 radical (unpaired) electrons. The topological polar surface area (TPSA) is 71.4 Å². The molecule has 0 spiro atoms. The molecule has 1 unspecified atom stereocenters. The number of benzene rings is 1. The summed E-state index contributed by atoms with van der Waals surface area (Å²) in [6.45, 7) is 4.15. The molecule has 0 amide bonds. The van der Waals surface area contributed by atoms with E-state index in [0.717, 1.165) is 17.7 Å². The summed E-state index contributed by atoms with van der Waals surface area (Å²) in [6.07, 6.45) is 1.21. The van der Waals surface area contributed by atoms with Gasteiger partial charge in [0, 0.05) is 17.7 Å². The second kappa shape index (κ2) is 6.71. The first kappa shape index (κ1) is 18.4. The molecule has 0 bridgehead atoms. The molecule has 136 valence electrons. The van der Waals surface area contributed by atoms with Crippen LogP contribution in [0.5, 0.6) is 11.5 Å². The molecule has 0 saturated carbocycles. The zero-order valence-corrected chi connectivity index (χ0v) is 16.2. The molecule has 0 saturated heterocycles. The van der Waals surface area contributed by atoms with E-state index in [1.807, 2.05) is 12.1 Å². The van der Waals surface area contributed by atoms with Crippen LogP contribution in [0.3, 0.4) is 0 Å². The lowest BCUT2D eigenvalue weighted by Gasteiger charge is -2.39. The second-order valence-corrected chi connectivity index (χ2v) is 7.78. The van der Waals surface area contributed by atoms with Crippen molar-refractivity contribution in [3.63, 3.8) is 0 Å². The number of ether oxygens (including phenoxy) is 2. The summed E-state index contributed by atoms with van der Waals surface area (Å²) in [5, 5.41) is 10.9. The average molecular weight is 370 g/mol. The molecule has 0 aromatic heterocycles. The van der Waals surface area contributed by atoms with Crippen molar-refractivity contribution >= 4 is 28.9 Å². The van der Waals surface area contributed by atoms with Crippen LogP contribution in [-0.4, -0.2) is 30.9 Å². The van der Waals surface area contributed by atoms with Crippen molar-refractivity contribution < 1.29 is 14.3 Å². The number of carbonyl (C=O) groups excluding carboxylic acids is 1. The van der Waals surface area contributed by atoms with Gasteiger partial charge in [0.15, 0.2) is 17.3 Å². The summed E-state index contributed by atoms with van der Waals surface area (Å²) >= 11 is 5.46. The lowest BCUT2D eigenvalue weighted by atomic mass is 9.69. The first-order valence-corrected chi connectivity index (χ1v) is 8.81. The van der Waals surface area contributed by atoms with E-state index in [0.29, 0.717) is 34.1 Å². The fourth-order valence-corrected chi connectivity index (χ4v) is 4.05. The largest absolute Gasteiger partial charge is 0.493 e. The summed E-state index contributed by atoms with van der Waals surface area (Å²) in [5.41, 5.74) is 2.75. The third-order valence-electron chi connectivity index (χ3n) is 4.88. The Labute approximate surface area is 158 Å². The van der Waals surface area contributed by atoms with E-state index in [2.05, 4.69) is 25.0 Å². The van der Waals surface area contributed by atoms with Crippen molar-refractivity contribution in [2.75, 3.05) is 14.2 Å². The van der Waals surface area contributed by atoms with Crippen LogP contribution < -0.4 is 14.8 Å². The third kappa shape index (κ3) is 3.06. The number of rotatable bonds is 3. The van der Waals surface area contributed by atoms with Gasteiger partial charge in [-0.1, -0.05) is 32.1 Å². The standard InChI is InChI=1S/C20H22N2O3S/c1-20(2)8-13-18(14(23)9-20)17(12(10-21)19(26)22-13)11-5-6-15(24-3)16(7-11)25-4/h5-7,17,21H,8-9H2,1-4H3,(H,22,26). The van der Waals surface area contributed by atoms with Crippen LogP contribution in [0.25, 0.3) is 0 Å². The minimum atomic E-state index is -0.417. The molecule has 1 aromatic rings. The first-order chi connectivity index (χ1) is 12.3. The predicted molar refractivity (Wildman–Crippen MR) is 104 cm³/mol. The van der Waals surface area contributed by atoms with Crippen LogP contribution in [0.1, 0.15) is 38.2 Å². The Morgan fingerprint density at radius 3 is 2.54 bits per heavy atom. The third-order valence-corrected chi connectivity index (χ3v) is 5.20. The molecule has 1 aromatic carbocycles. The fourth-order valence-electron chi connectivity index (χ4n) is 3.76. The van der Waals surface area contributed by atoms with Crippen molar-refractivity contribution in [3.05, 3.63) is 40.6 Å². The molecule has 0 fully saturated rings. The van der Waals surface area contributed by atoms with E-state index in [9.17, 15) is 4.79 Å². The molecule has 1 heterocycles. The second-order valence-electron chi connectivity index (χ2n) is 7.37. The van der Waals surface area contributed by atoms with Crippen molar-refractivity contribution in [1.82, 2.24) is 5.32 Å². The highest BCUT2D eigenvalue weighted by Crippen LogP contribution is 2.46. The van der Waals surface area contributed by atoms with Crippen LogP contribution in [0, 0.1) is 10.8 Å². The zero-order chi connectivity index (χ0) is 19.1. The summed E-state index contributed by atoms with van der Waals surface area (Å²) in [6, 6.07) is 5.53. The van der Waals surface area contributed by atoms with Gasteiger partial charge in [-0.3, -0.25) is 10.2 Å². The summed E-state index contributed by atoms with van der Waals surface area (Å²) in [5.74, 6) is 3.30. The number of thiocarbonyl (C=S) groups is 1. The van der Waals surface area contributed by atoms with Crippen LogP contribution in [-0.2, 0) is 4.79 Å². The van der Waals surface area contributed by atoms with Gasteiger partial charge in [-0.25, -0.2) is 0 Å². The van der Waals surface area contributed by atoms with E-state index >= 15 is 0 Å². The van der Waals surface area contributed by atoms with Gasteiger partial charge in [0.25, 0.3) is 0 Å². The van der Waals surface area contributed by atoms with Crippen molar-refractivity contribution in [2.24, 2.45) is 5.41 Å². The van der Waals surface area contributed by atoms with Crippen LogP contribution >= 0.6 is 12.2 Å². The summed E-state index contributed by atoms with van der Waals surface area (Å²) < 4.78 is 10.7. The number of allylic oxidation sites excluding steroid dienone is 2. The monoisotopic (exact) mass is 370 g/mol. The Morgan fingerprint density at radius 1 is 1.23 bits per heavy atom. The Kier molecular flexibility index (Phi) is 4.74. The maximum absolute atomic E-state index is 13.0. The van der Waals surface area contributed by atoms with Gasteiger partial charge in [-0.2, -0.15) is 0 Å². The van der Waals surface area contributed by atoms with E-state index in [1.165, 1.54) is 0 Å². The molecule has 3 rings (SSSR count). The molecular weight excluding hydrogens is 348 g/mol.